The second kappa shape index (κ2) is 11.4. The zero-order valence-corrected chi connectivity index (χ0v) is 22.6. The Labute approximate surface area is 221 Å². The summed E-state index contributed by atoms with van der Waals surface area (Å²) in [5, 5.41) is 4.17. The first-order chi connectivity index (χ1) is 17.5. The third-order valence-electron chi connectivity index (χ3n) is 7.75. The average Bonchev–Trinajstić information content (AvgIpc) is 3.22. The van der Waals surface area contributed by atoms with Crippen LogP contribution >= 0.6 is 11.6 Å². The maximum atomic E-state index is 13.9. The zero-order chi connectivity index (χ0) is 25.1. The molecule has 194 valence electrons. The molecule has 36 heavy (non-hydrogen) atoms. The summed E-state index contributed by atoms with van der Waals surface area (Å²) in [6.45, 7) is 10.3. The van der Waals surface area contributed by atoms with Crippen LogP contribution in [0, 0.1) is 11.8 Å². The molecule has 0 aromatic heterocycles. The van der Waals surface area contributed by atoms with Crippen LogP contribution in [0.25, 0.3) is 0 Å². The molecule has 3 aliphatic heterocycles. The fraction of sp³-hybridized carbons (Fsp3) is 0.567. The third-order valence-corrected chi connectivity index (χ3v) is 8.03. The molecule has 2 aromatic rings. The van der Waals surface area contributed by atoms with Gasteiger partial charge >= 0.3 is 0 Å². The van der Waals surface area contributed by atoms with Crippen molar-refractivity contribution in [3.8, 4) is 5.75 Å². The van der Waals surface area contributed by atoms with Crippen LogP contribution in [0.3, 0.4) is 0 Å². The van der Waals surface area contributed by atoms with Crippen molar-refractivity contribution >= 4 is 23.2 Å². The van der Waals surface area contributed by atoms with E-state index in [1.165, 1.54) is 22.4 Å². The molecule has 0 radical (unpaired) electrons. The maximum Gasteiger partial charge on any atom is 0.227 e. The van der Waals surface area contributed by atoms with Crippen LogP contribution in [-0.4, -0.2) is 48.5 Å². The number of rotatable bonds is 7. The van der Waals surface area contributed by atoms with Gasteiger partial charge in [-0.2, -0.15) is 0 Å². The van der Waals surface area contributed by atoms with Crippen molar-refractivity contribution in [2.24, 2.45) is 11.8 Å². The highest BCUT2D eigenvalue weighted by Gasteiger charge is 2.30. The summed E-state index contributed by atoms with van der Waals surface area (Å²) in [6.07, 6.45) is 6.28. The minimum atomic E-state index is 0.0482. The lowest BCUT2D eigenvalue weighted by Crippen LogP contribution is -2.45. The summed E-state index contributed by atoms with van der Waals surface area (Å²) in [7, 11) is 0. The van der Waals surface area contributed by atoms with Gasteiger partial charge in [-0.25, -0.2) is 0 Å². The van der Waals surface area contributed by atoms with E-state index in [1.54, 1.807) is 0 Å². The number of carbonyl (C=O) groups is 1. The molecule has 3 heterocycles. The maximum absolute atomic E-state index is 13.9. The molecule has 2 aromatic carbocycles. The summed E-state index contributed by atoms with van der Waals surface area (Å²) in [6, 6.07) is 10.8. The quantitative estimate of drug-likeness (QED) is 0.503. The Balaban J connectivity index is 1.29. The predicted molar refractivity (Wildman–Crippen MR) is 147 cm³/mol. The van der Waals surface area contributed by atoms with Crippen LogP contribution in [0.5, 0.6) is 5.75 Å². The number of halogens is 1. The van der Waals surface area contributed by atoms with Gasteiger partial charge in [0.05, 0.1) is 17.5 Å². The topological polar surface area (TPSA) is 44.8 Å². The monoisotopic (exact) mass is 509 g/mol. The van der Waals surface area contributed by atoms with E-state index in [4.69, 9.17) is 16.3 Å². The smallest absolute Gasteiger partial charge is 0.227 e. The minimum absolute atomic E-state index is 0.0482. The number of carbonyl (C=O) groups excluding carboxylic acids is 1. The van der Waals surface area contributed by atoms with Gasteiger partial charge in [-0.3, -0.25) is 9.69 Å². The van der Waals surface area contributed by atoms with Crippen molar-refractivity contribution in [3.63, 3.8) is 0 Å². The number of ether oxygens (including phenoxy) is 1. The molecular formula is C30H40ClN3O2. The fourth-order valence-corrected chi connectivity index (χ4v) is 6.42. The van der Waals surface area contributed by atoms with Gasteiger partial charge in [0, 0.05) is 38.4 Å². The van der Waals surface area contributed by atoms with E-state index < -0.39 is 0 Å². The standard InChI is InChI=1S/C30H40ClN3O2/c1-21(2)17-34(18-22-15-23-7-3-4-14-36-29(23)27(31)16-22)30(35)25-9-6-13-33(20-25)19-24-8-5-10-28-26(24)11-12-32-28/h5,8,10,15-16,21,25,32H,3-4,6-7,9,11-14,17-20H2,1-2H3/t25-/m1/s1. The van der Waals surface area contributed by atoms with E-state index in [-0.39, 0.29) is 11.8 Å². The summed E-state index contributed by atoms with van der Waals surface area (Å²) in [5.74, 6) is 1.58. The molecule has 0 aliphatic carbocycles. The molecular weight excluding hydrogens is 470 g/mol. The summed E-state index contributed by atoms with van der Waals surface area (Å²) >= 11 is 6.63. The Kier molecular flexibility index (Phi) is 8.07. The summed E-state index contributed by atoms with van der Waals surface area (Å²) < 4.78 is 5.91. The minimum Gasteiger partial charge on any atom is -0.492 e. The van der Waals surface area contributed by atoms with Crippen molar-refractivity contribution < 1.29 is 9.53 Å². The molecule has 6 heteroatoms. The van der Waals surface area contributed by atoms with Crippen LogP contribution in [0.15, 0.2) is 30.3 Å². The first-order valence-electron chi connectivity index (χ1n) is 13.8. The van der Waals surface area contributed by atoms with Gasteiger partial charge in [-0.1, -0.05) is 43.6 Å². The lowest BCUT2D eigenvalue weighted by atomic mass is 9.94. The number of hydrogen-bond acceptors (Lipinski definition) is 4. The van der Waals surface area contributed by atoms with Crippen LogP contribution in [0.4, 0.5) is 5.69 Å². The molecule has 0 unspecified atom stereocenters. The van der Waals surface area contributed by atoms with Crippen molar-refractivity contribution in [1.82, 2.24) is 9.80 Å². The number of fused-ring (bicyclic) bond motifs is 2. The van der Waals surface area contributed by atoms with Crippen molar-refractivity contribution in [2.75, 3.05) is 38.1 Å². The normalized spacial score (nSPS) is 19.7. The Morgan fingerprint density at radius 1 is 1.22 bits per heavy atom. The summed E-state index contributed by atoms with van der Waals surface area (Å²) in [5.41, 5.74) is 6.44. The highest BCUT2D eigenvalue weighted by molar-refractivity contribution is 6.32. The van der Waals surface area contributed by atoms with Crippen LogP contribution in [-0.2, 0) is 30.7 Å². The van der Waals surface area contributed by atoms with E-state index in [1.807, 2.05) is 6.07 Å². The lowest BCUT2D eigenvalue weighted by molar-refractivity contribution is -0.138. The molecule has 1 atom stereocenters. The second-order valence-electron chi connectivity index (χ2n) is 11.2. The molecule has 0 bridgehead atoms. The van der Waals surface area contributed by atoms with Crippen molar-refractivity contribution in [1.29, 1.82) is 0 Å². The van der Waals surface area contributed by atoms with E-state index in [9.17, 15) is 4.79 Å². The van der Waals surface area contributed by atoms with Crippen LogP contribution in [0.2, 0.25) is 5.02 Å². The molecule has 1 fully saturated rings. The molecule has 1 saturated heterocycles. The Hall–Kier alpha value is -2.24. The van der Waals surface area contributed by atoms with Crippen LogP contribution in [0.1, 0.15) is 61.8 Å². The second-order valence-corrected chi connectivity index (χ2v) is 11.6. The number of nitrogens with zero attached hydrogens (tertiary/aromatic N) is 2. The molecule has 5 nitrogen and oxygen atoms in total. The van der Waals surface area contributed by atoms with Gasteiger partial charge in [0.1, 0.15) is 5.75 Å². The molecule has 1 amide bonds. The number of anilines is 1. The predicted octanol–water partition coefficient (Wildman–Crippen LogP) is 5.92. The van der Waals surface area contributed by atoms with Crippen molar-refractivity contribution in [3.05, 3.63) is 57.6 Å². The van der Waals surface area contributed by atoms with Gasteiger partial charge in [-0.05, 0) is 85.4 Å². The fourth-order valence-electron chi connectivity index (χ4n) is 6.10. The summed E-state index contributed by atoms with van der Waals surface area (Å²) in [4.78, 5) is 18.5. The highest BCUT2D eigenvalue weighted by atomic mass is 35.5. The molecule has 5 rings (SSSR count). The Morgan fingerprint density at radius 2 is 2.11 bits per heavy atom. The van der Waals surface area contributed by atoms with Gasteiger partial charge in [0.2, 0.25) is 5.91 Å². The molecule has 3 aliphatic rings. The molecule has 0 saturated carbocycles. The number of benzene rings is 2. The number of amides is 1. The Bertz CT molecular complexity index is 1090. The van der Waals surface area contributed by atoms with Gasteiger partial charge in [0.25, 0.3) is 0 Å². The number of aryl methyl sites for hydroxylation is 1. The van der Waals surface area contributed by atoms with Gasteiger partial charge in [-0.15, -0.1) is 0 Å². The number of nitrogens with one attached hydrogen (secondary N) is 1. The lowest BCUT2D eigenvalue weighted by Gasteiger charge is -2.36. The molecule has 0 spiro atoms. The van der Waals surface area contributed by atoms with Gasteiger partial charge in [0.15, 0.2) is 0 Å². The van der Waals surface area contributed by atoms with E-state index in [2.05, 4.69) is 53.2 Å². The van der Waals surface area contributed by atoms with Gasteiger partial charge < -0.3 is 15.0 Å². The van der Waals surface area contributed by atoms with E-state index in [0.717, 1.165) is 89.2 Å². The Morgan fingerprint density at radius 3 is 2.97 bits per heavy atom. The number of piperidine rings is 1. The van der Waals surface area contributed by atoms with E-state index in [0.29, 0.717) is 17.5 Å². The molecule has 1 N–H and O–H groups in total. The third kappa shape index (κ3) is 5.84. The van der Waals surface area contributed by atoms with Crippen LogP contribution < -0.4 is 10.1 Å². The average molecular weight is 510 g/mol. The van der Waals surface area contributed by atoms with Crippen molar-refractivity contribution in [2.45, 2.75) is 65.5 Å². The van der Waals surface area contributed by atoms with E-state index >= 15 is 0 Å². The largest absolute Gasteiger partial charge is 0.492 e. The number of likely N-dealkylation sites (tertiary alicyclic amines) is 1. The SMILES string of the molecule is CC(C)CN(Cc1cc(Cl)c2c(c1)CCCCO2)C(=O)[C@@H]1CCCN(Cc2cccc3c2CCN3)C1. The highest BCUT2D eigenvalue weighted by Crippen LogP contribution is 2.34. The first-order valence-corrected chi connectivity index (χ1v) is 14.2. The first kappa shape index (κ1) is 25.4. The zero-order valence-electron chi connectivity index (χ0n) is 21.8. The number of hydrogen-bond donors (Lipinski definition) is 1.